The molecule has 136 valence electrons. The molecular formula is C16H23F3IN3O. The van der Waals surface area contributed by atoms with Crippen molar-refractivity contribution in [2.75, 3.05) is 26.8 Å². The predicted molar refractivity (Wildman–Crippen MR) is 98.7 cm³/mol. The highest BCUT2D eigenvalue weighted by molar-refractivity contribution is 14.0. The van der Waals surface area contributed by atoms with Gasteiger partial charge in [-0.05, 0) is 24.6 Å². The van der Waals surface area contributed by atoms with E-state index in [-0.39, 0.29) is 35.4 Å². The summed E-state index contributed by atoms with van der Waals surface area (Å²) >= 11 is 0. The third kappa shape index (κ3) is 5.51. The number of ether oxygens (including phenoxy) is 1. The molecular weight excluding hydrogens is 434 g/mol. The van der Waals surface area contributed by atoms with Gasteiger partial charge in [-0.2, -0.15) is 13.2 Å². The molecule has 0 radical (unpaired) electrons. The Morgan fingerprint density at radius 2 is 2.04 bits per heavy atom. The monoisotopic (exact) mass is 457 g/mol. The van der Waals surface area contributed by atoms with E-state index in [0.29, 0.717) is 31.3 Å². The second kappa shape index (κ2) is 8.37. The van der Waals surface area contributed by atoms with Gasteiger partial charge in [0.15, 0.2) is 5.96 Å². The van der Waals surface area contributed by atoms with Crippen LogP contribution in [-0.2, 0) is 10.9 Å². The molecule has 0 spiro atoms. The molecule has 1 saturated heterocycles. The highest BCUT2D eigenvalue weighted by Crippen LogP contribution is 2.30. The van der Waals surface area contributed by atoms with Crippen molar-refractivity contribution < 1.29 is 17.9 Å². The summed E-state index contributed by atoms with van der Waals surface area (Å²) in [7, 11) is 1.63. The van der Waals surface area contributed by atoms with Gasteiger partial charge in [0.2, 0.25) is 0 Å². The lowest BCUT2D eigenvalue weighted by Crippen LogP contribution is -2.51. The maximum Gasteiger partial charge on any atom is 0.416 e. The summed E-state index contributed by atoms with van der Waals surface area (Å²) in [5.74, 6) is 0.558. The van der Waals surface area contributed by atoms with Gasteiger partial charge in [-0.3, -0.25) is 4.99 Å². The standard InChI is InChI=1S/C16H22F3N3O.HI/c1-11(12-5-4-6-13(7-12)16(17,18)19)22-14(20-3)21-8-15(2)9-23-10-15;/h4-7,11H,8-10H2,1-3H3,(H2,20,21,22);1H. The van der Waals surface area contributed by atoms with E-state index in [2.05, 4.69) is 22.5 Å². The van der Waals surface area contributed by atoms with Crippen LogP contribution in [0.4, 0.5) is 13.2 Å². The van der Waals surface area contributed by atoms with Gasteiger partial charge in [-0.15, -0.1) is 24.0 Å². The molecule has 1 aliphatic heterocycles. The third-order valence-corrected chi connectivity index (χ3v) is 3.87. The number of aliphatic imine (C=N–C) groups is 1. The number of guanidine groups is 1. The number of nitrogens with zero attached hydrogens (tertiary/aromatic N) is 1. The van der Waals surface area contributed by atoms with E-state index in [4.69, 9.17) is 4.74 Å². The van der Waals surface area contributed by atoms with Crippen molar-refractivity contribution in [3.8, 4) is 0 Å². The Morgan fingerprint density at radius 3 is 2.54 bits per heavy atom. The van der Waals surface area contributed by atoms with E-state index in [9.17, 15) is 13.2 Å². The lowest BCUT2D eigenvalue weighted by Gasteiger charge is -2.38. The van der Waals surface area contributed by atoms with Crippen molar-refractivity contribution in [3.05, 3.63) is 35.4 Å². The van der Waals surface area contributed by atoms with Gasteiger partial charge < -0.3 is 15.4 Å². The summed E-state index contributed by atoms with van der Waals surface area (Å²) in [4.78, 5) is 4.12. The Morgan fingerprint density at radius 1 is 1.38 bits per heavy atom. The Bertz CT molecular complexity index is 574. The van der Waals surface area contributed by atoms with Crippen LogP contribution in [0.25, 0.3) is 0 Å². The summed E-state index contributed by atoms with van der Waals surface area (Å²) in [5, 5.41) is 6.31. The Kier molecular flexibility index (Phi) is 7.33. The summed E-state index contributed by atoms with van der Waals surface area (Å²) in [6.07, 6.45) is -4.34. The second-order valence-electron chi connectivity index (χ2n) is 6.22. The van der Waals surface area contributed by atoms with Crippen molar-refractivity contribution in [2.45, 2.75) is 26.1 Å². The van der Waals surface area contributed by atoms with Crippen molar-refractivity contribution in [3.63, 3.8) is 0 Å². The SMILES string of the molecule is CN=C(NCC1(C)COC1)NC(C)c1cccc(C(F)(F)F)c1.I. The zero-order chi connectivity index (χ0) is 17.1. The van der Waals surface area contributed by atoms with Crippen LogP contribution < -0.4 is 10.6 Å². The number of halogens is 4. The Balaban J connectivity index is 0.00000288. The highest BCUT2D eigenvalue weighted by Gasteiger charge is 2.33. The Hall–Kier alpha value is -1.03. The van der Waals surface area contributed by atoms with Crippen LogP contribution in [0.3, 0.4) is 0 Å². The maximum atomic E-state index is 12.8. The number of benzene rings is 1. The van der Waals surface area contributed by atoms with E-state index >= 15 is 0 Å². The molecule has 1 aliphatic rings. The zero-order valence-electron chi connectivity index (χ0n) is 13.9. The zero-order valence-corrected chi connectivity index (χ0v) is 16.2. The highest BCUT2D eigenvalue weighted by atomic mass is 127. The van der Waals surface area contributed by atoms with Gasteiger partial charge in [-0.1, -0.05) is 19.1 Å². The minimum atomic E-state index is -4.34. The normalized spacial score (nSPS) is 18.2. The van der Waals surface area contributed by atoms with Crippen LogP contribution in [0.2, 0.25) is 0 Å². The molecule has 2 rings (SSSR count). The smallest absolute Gasteiger partial charge is 0.380 e. The minimum Gasteiger partial charge on any atom is -0.380 e. The van der Waals surface area contributed by atoms with Crippen molar-refractivity contribution in [1.82, 2.24) is 10.6 Å². The quantitative estimate of drug-likeness (QED) is 0.413. The molecule has 4 nitrogen and oxygen atoms in total. The molecule has 1 fully saturated rings. The first-order valence-electron chi connectivity index (χ1n) is 7.46. The van der Waals surface area contributed by atoms with Crippen LogP contribution in [0.1, 0.15) is 31.0 Å². The van der Waals surface area contributed by atoms with Crippen molar-refractivity contribution in [2.24, 2.45) is 10.4 Å². The first-order chi connectivity index (χ1) is 10.7. The molecule has 1 heterocycles. The fraction of sp³-hybridized carbons (Fsp3) is 0.562. The predicted octanol–water partition coefficient (Wildman–Crippen LogP) is 3.59. The van der Waals surface area contributed by atoms with Crippen LogP contribution in [0.5, 0.6) is 0 Å². The van der Waals surface area contributed by atoms with E-state index < -0.39 is 11.7 Å². The number of rotatable bonds is 4. The molecule has 2 N–H and O–H groups in total. The lowest BCUT2D eigenvalue weighted by atomic mass is 9.89. The minimum absolute atomic E-state index is 0. The molecule has 1 unspecified atom stereocenters. The molecule has 0 saturated carbocycles. The fourth-order valence-corrected chi connectivity index (χ4v) is 2.32. The summed E-state index contributed by atoms with van der Waals surface area (Å²) in [5.41, 5.74) is -0.0106. The number of hydrogen-bond acceptors (Lipinski definition) is 2. The first kappa shape index (κ1) is 21.0. The molecule has 24 heavy (non-hydrogen) atoms. The van der Waals surface area contributed by atoms with Crippen LogP contribution in [-0.4, -0.2) is 32.8 Å². The topological polar surface area (TPSA) is 45.7 Å². The first-order valence-corrected chi connectivity index (χ1v) is 7.46. The van der Waals surface area contributed by atoms with E-state index in [1.54, 1.807) is 20.0 Å². The van der Waals surface area contributed by atoms with Gasteiger partial charge in [0, 0.05) is 19.0 Å². The molecule has 1 aromatic carbocycles. The molecule has 1 aromatic rings. The van der Waals surface area contributed by atoms with Crippen LogP contribution in [0, 0.1) is 5.41 Å². The van der Waals surface area contributed by atoms with Gasteiger partial charge >= 0.3 is 6.18 Å². The summed E-state index contributed by atoms with van der Waals surface area (Å²) < 4.78 is 43.6. The third-order valence-electron chi connectivity index (χ3n) is 3.87. The van der Waals surface area contributed by atoms with Gasteiger partial charge in [0.25, 0.3) is 0 Å². The van der Waals surface area contributed by atoms with E-state index in [1.807, 2.05) is 0 Å². The van der Waals surface area contributed by atoms with Gasteiger partial charge in [0.1, 0.15) is 0 Å². The van der Waals surface area contributed by atoms with E-state index in [0.717, 1.165) is 12.1 Å². The molecule has 0 amide bonds. The molecule has 8 heteroatoms. The van der Waals surface area contributed by atoms with Gasteiger partial charge in [-0.25, -0.2) is 0 Å². The van der Waals surface area contributed by atoms with Gasteiger partial charge in [0.05, 0.1) is 24.8 Å². The fourth-order valence-electron chi connectivity index (χ4n) is 2.32. The largest absolute Gasteiger partial charge is 0.416 e. The maximum absolute atomic E-state index is 12.8. The van der Waals surface area contributed by atoms with Crippen molar-refractivity contribution in [1.29, 1.82) is 0 Å². The lowest BCUT2D eigenvalue weighted by molar-refractivity contribution is -0.137. The van der Waals surface area contributed by atoms with E-state index in [1.165, 1.54) is 6.07 Å². The van der Waals surface area contributed by atoms with Crippen LogP contribution in [0.15, 0.2) is 29.3 Å². The number of alkyl halides is 3. The summed E-state index contributed by atoms with van der Waals surface area (Å²) in [6.45, 7) is 5.99. The van der Waals surface area contributed by atoms with Crippen LogP contribution >= 0.6 is 24.0 Å². The summed E-state index contributed by atoms with van der Waals surface area (Å²) in [6, 6.07) is 5.02. The molecule has 1 atom stereocenters. The molecule has 0 aliphatic carbocycles. The second-order valence-corrected chi connectivity index (χ2v) is 6.22. The average molecular weight is 457 g/mol. The molecule has 0 bridgehead atoms. The Labute approximate surface area is 157 Å². The average Bonchev–Trinajstić information content (AvgIpc) is 2.48. The number of hydrogen-bond donors (Lipinski definition) is 2. The van der Waals surface area contributed by atoms with Crippen molar-refractivity contribution >= 4 is 29.9 Å². The molecule has 0 aromatic heterocycles. The number of nitrogens with one attached hydrogen (secondary N) is 2.